The molecular formula is C13H15ClO4. The molecule has 0 heterocycles. The number of alkyl halides is 1. The Morgan fingerprint density at radius 1 is 1.33 bits per heavy atom. The third-order valence-corrected chi connectivity index (χ3v) is 3.01. The number of ether oxygens (including phenoxy) is 1. The van der Waals surface area contributed by atoms with Crippen molar-refractivity contribution in [1.82, 2.24) is 0 Å². The van der Waals surface area contributed by atoms with Crippen LogP contribution in [0.5, 0.6) is 0 Å². The minimum Gasteiger partial charge on any atom is -0.479 e. The van der Waals surface area contributed by atoms with Crippen molar-refractivity contribution in [3.63, 3.8) is 0 Å². The van der Waals surface area contributed by atoms with Crippen molar-refractivity contribution in [2.24, 2.45) is 0 Å². The summed E-state index contributed by atoms with van der Waals surface area (Å²) in [5, 5.41) is 9.18. The maximum absolute atomic E-state index is 11.8. The molecule has 0 aliphatic rings. The second-order valence-corrected chi connectivity index (χ2v) is 4.39. The number of benzene rings is 1. The van der Waals surface area contributed by atoms with E-state index in [9.17, 15) is 14.7 Å². The topological polar surface area (TPSA) is 63.6 Å². The minimum atomic E-state index is -2.17. The first-order valence-electron chi connectivity index (χ1n) is 5.68. The van der Waals surface area contributed by atoms with E-state index in [1.54, 1.807) is 18.2 Å². The van der Waals surface area contributed by atoms with Gasteiger partial charge in [-0.15, -0.1) is 0 Å². The average Bonchev–Trinajstić information content (AvgIpc) is 2.38. The van der Waals surface area contributed by atoms with Gasteiger partial charge in [-0.3, -0.25) is 0 Å². The van der Waals surface area contributed by atoms with Crippen LogP contribution in [0.2, 0.25) is 0 Å². The number of carboxylic acid groups (broad SMARTS) is 1. The molecule has 0 spiro atoms. The van der Waals surface area contributed by atoms with E-state index >= 15 is 0 Å². The number of esters is 1. The number of unbranched alkanes of at least 4 members (excludes halogenated alkanes) is 1. The average molecular weight is 271 g/mol. The van der Waals surface area contributed by atoms with Gasteiger partial charge in [0.15, 0.2) is 0 Å². The van der Waals surface area contributed by atoms with Crippen LogP contribution in [-0.2, 0) is 19.2 Å². The van der Waals surface area contributed by atoms with Crippen LogP contribution in [0.25, 0.3) is 0 Å². The van der Waals surface area contributed by atoms with Gasteiger partial charge in [-0.2, -0.15) is 0 Å². The van der Waals surface area contributed by atoms with Crippen LogP contribution in [0.3, 0.4) is 0 Å². The highest BCUT2D eigenvalue weighted by Gasteiger charge is 2.47. The molecular weight excluding hydrogens is 256 g/mol. The molecule has 1 rings (SSSR count). The molecule has 1 N–H and O–H groups in total. The summed E-state index contributed by atoms with van der Waals surface area (Å²) in [5.41, 5.74) is 0.195. The first-order valence-corrected chi connectivity index (χ1v) is 6.06. The molecule has 0 amide bonds. The van der Waals surface area contributed by atoms with Gasteiger partial charge in [0.25, 0.3) is 4.87 Å². The fraction of sp³-hybridized carbons (Fsp3) is 0.385. The Bertz CT molecular complexity index is 418. The molecule has 5 heteroatoms. The summed E-state index contributed by atoms with van der Waals surface area (Å²) in [6.07, 6.45) is 1.52. The Kier molecular flexibility index (Phi) is 5.16. The Balaban J connectivity index is 2.94. The number of aliphatic carboxylic acids is 1. The summed E-state index contributed by atoms with van der Waals surface area (Å²) in [6.45, 7) is 2.11. The predicted molar refractivity (Wildman–Crippen MR) is 67.5 cm³/mol. The molecule has 18 heavy (non-hydrogen) atoms. The van der Waals surface area contributed by atoms with Gasteiger partial charge in [-0.25, -0.2) is 9.59 Å². The molecule has 4 nitrogen and oxygen atoms in total. The normalized spacial score (nSPS) is 13.7. The largest absolute Gasteiger partial charge is 0.479 e. The lowest BCUT2D eigenvalue weighted by molar-refractivity contribution is -0.156. The van der Waals surface area contributed by atoms with Crippen LogP contribution in [0, 0.1) is 0 Å². The highest BCUT2D eigenvalue weighted by Crippen LogP contribution is 2.31. The molecule has 0 fully saturated rings. The standard InChI is InChI=1S/C13H15ClO4/c1-2-3-9-18-12(17)13(14,11(15)16)10-7-5-4-6-8-10/h4-8H,2-3,9H2,1H3,(H,15,16). The van der Waals surface area contributed by atoms with E-state index in [1.165, 1.54) is 12.1 Å². The summed E-state index contributed by atoms with van der Waals surface area (Å²) < 4.78 is 4.91. The van der Waals surface area contributed by atoms with Crippen LogP contribution in [0.15, 0.2) is 30.3 Å². The SMILES string of the molecule is CCCCOC(=O)C(Cl)(C(=O)O)c1ccccc1. The summed E-state index contributed by atoms with van der Waals surface area (Å²) in [6, 6.07) is 7.93. The first kappa shape index (κ1) is 14.5. The van der Waals surface area contributed by atoms with Crippen molar-refractivity contribution < 1.29 is 19.4 Å². The number of carbonyl (C=O) groups excluding carboxylic acids is 1. The molecule has 1 aromatic rings. The lowest BCUT2D eigenvalue weighted by atomic mass is 9.98. The zero-order valence-corrected chi connectivity index (χ0v) is 10.8. The first-order chi connectivity index (χ1) is 8.53. The third-order valence-electron chi connectivity index (χ3n) is 2.48. The Labute approximate surface area is 111 Å². The molecule has 0 saturated heterocycles. The Hall–Kier alpha value is -1.55. The van der Waals surface area contributed by atoms with Crippen LogP contribution in [0.4, 0.5) is 0 Å². The molecule has 0 saturated carbocycles. The summed E-state index contributed by atoms with van der Waals surface area (Å²) in [4.78, 5) is 20.9. The van der Waals surface area contributed by atoms with Gasteiger partial charge < -0.3 is 9.84 Å². The lowest BCUT2D eigenvalue weighted by Gasteiger charge is -2.20. The number of hydrogen-bond acceptors (Lipinski definition) is 3. The molecule has 1 aromatic carbocycles. The van der Waals surface area contributed by atoms with Crippen LogP contribution in [-0.4, -0.2) is 23.7 Å². The third kappa shape index (κ3) is 3.01. The van der Waals surface area contributed by atoms with E-state index in [2.05, 4.69) is 0 Å². The van der Waals surface area contributed by atoms with Crippen molar-refractivity contribution in [3.8, 4) is 0 Å². The maximum atomic E-state index is 11.8. The van der Waals surface area contributed by atoms with Crippen LogP contribution >= 0.6 is 11.6 Å². The van der Waals surface area contributed by atoms with Crippen molar-refractivity contribution in [1.29, 1.82) is 0 Å². The molecule has 0 bridgehead atoms. The van der Waals surface area contributed by atoms with E-state index in [1.807, 2.05) is 6.92 Å². The summed E-state index contributed by atoms with van der Waals surface area (Å²) in [7, 11) is 0. The van der Waals surface area contributed by atoms with Gasteiger partial charge in [-0.05, 0) is 12.0 Å². The lowest BCUT2D eigenvalue weighted by Crippen LogP contribution is -2.40. The highest BCUT2D eigenvalue weighted by atomic mass is 35.5. The smallest absolute Gasteiger partial charge is 0.343 e. The molecule has 0 radical (unpaired) electrons. The van der Waals surface area contributed by atoms with Crippen molar-refractivity contribution >= 4 is 23.5 Å². The van der Waals surface area contributed by atoms with E-state index in [-0.39, 0.29) is 12.2 Å². The zero-order chi connectivity index (χ0) is 13.6. The molecule has 98 valence electrons. The molecule has 0 aliphatic carbocycles. The molecule has 0 aromatic heterocycles. The maximum Gasteiger partial charge on any atom is 0.343 e. The van der Waals surface area contributed by atoms with Crippen molar-refractivity contribution in [2.45, 2.75) is 24.6 Å². The number of hydrogen-bond donors (Lipinski definition) is 1. The monoisotopic (exact) mass is 270 g/mol. The molecule has 0 aliphatic heterocycles. The van der Waals surface area contributed by atoms with Gasteiger partial charge in [0.2, 0.25) is 0 Å². The summed E-state index contributed by atoms with van der Waals surface area (Å²) in [5.74, 6) is -2.38. The van der Waals surface area contributed by atoms with Gasteiger partial charge in [0, 0.05) is 0 Å². The van der Waals surface area contributed by atoms with Crippen molar-refractivity contribution in [2.75, 3.05) is 6.61 Å². The predicted octanol–water partition coefficient (Wildman–Crippen LogP) is 2.55. The fourth-order valence-electron chi connectivity index (χ4n) is 1.41. The van der Waals surface area contributed by atoms with Crippen LogP contribution < -0.4 is 0 Å². The number of halogens is 1. The van der Waals surface area contributed by atoms with Crippen molar-refractivity contribution in [3.05, 3.63) is 35.9 Å². The van der Waals surface area contributed by atoms with E-state index < -0.39 is 16.8 Å². The quantitative estimate of drug-likeness (QED) is 0.373. The van der Waals surface area contributed by atoms with Crippen LogP contribution in [0.1, 0.15) is 25.3 Å². The van der Waals surface area contributed by atoms with Gasteiger partial charge >= 0.3 is 11.9 Å². The highest BCUT2D eigenvalue weighted by molar-refractivity contribution is 6.44. The molecule has 1 atom stereocenters. The van der Waals surface area contributed by atoms with E-state index in [0.29, 0.717) is 6.42 Å². The van der Waals surface area contributed by atoms with Gasteiger partial charge in [0.1, 0.15) is 0 Å². The summed E-state index contributed by atoms with van der Waals surface area (Å²) >= 11 is 5.95. The number of rotatable bonds is 6. The second-order valence-electron chi connectivity index (χ2n) is 3.82. The zero-order valence-electron chi connectivity index (χ0n) is 10.1. The minimum absolute atomic E-state index is 0.171. The number of carboxylic acids is 1. The fourth-order valence-corrected chi connectivity index (χ4v) is 1.59. The van der Waals surface area contributed by atoms with Gasteiger partial charge in [-0.1, -0.05) is 55.3 Å². The number of carbonyl (C=O) groups is 2. The van der Waals surface area contributed by atoms with Gasteiger partial charge in [0.05, 0.1) is 6.61 Å². The Morgan fingerprint density at radius 3 is 2.44 bits per heavy atom. The van der Waals surface area contributed by atoms with E-state index in [0.717, 1.165) is 6.42 Å². The second kappa shape index (κ2) is 6.40. The Morgan fingerprint density at radius 2 is 1.94 bits per heavy atom. The molecule has 1 unspecified atom stereocenters. The van der Waals surface area contributed by atoms with E-state index in [4.69, 9.17) is 16.3 Å².